The number of H-pyrrole nitrogens is 1. The summed E-state index contributed by atoms with van der Waals surface area (Å²) in [4.78, 5) is 15.5. The van der Waals surface area contributed by atoms with Crippen LogP contribution in [0, 0.1) is 17.0 Å². The maximum atomic E-state index is 10.1. The molecular weight excluding hydrogens is 230 g/mol. The number of hydrogen-bond donors (Lipinski definition) is 2. The normalized spacial score (nSPS) is 8.67. The molecule has 0 amide bonds. The summed E-state index contributed by atoms with van der Waals surface area (Å²) in [6, 6.07) is 0. The van der Waals surface area contributed by atoms with Gasteiger partial charge in [-0.1, -0.05) is 4.98 Å². The third kappa shape index (κ3) is 2.59. The molecule has 0 aliphatic rings. The number of aryl methyl sites for hydroxylation is 1. The molecule has 0 aromatic carbocycles. The Morgan fingerprint density at radius 1 is 1.67 bits per heavy atom. The number of nitrogens with zero attached hydrogens (tertiary/aromatic N) is 2. The molecule has 1 heterocycles. The summed E-state index contributed by atoms with van der Waals surface area (Å²) in [5, 5.41) is 17.1. The summed E-state index contributed by atoms with van der Waals surface area (Å²) in [5.74, 6) is -0.232. The Balaban J connectivity index is 0.000000561. The molecule has 2 N–H and O–H groups in total. The number of halogens is 1. The van der Waals surface area contributed by atoms with E-state index in [-0.39, 0.29) is 5.95 Å². The first kappa shape index (κ1) is 11.1. The molecule has 7 heteroatoms. The first-order valence-electron chi connectivity index (χ1n) is 2.92. The monoisotopic (exact) mass is 237 g/mol. The van der Waals surface area contributed by atoms with E-state index in [9.17, 15) is 10.1 Å². The topological polar surface area (TPSA) is 92.0 Å². The smallest absolute Gasteiger partial charge is 0.400 e. The van der Waals surface area contributed by atoms with Gasteiger partial charge in [-0.2, -0.15) is 0 Å². The van der Waals surface area contributed by atoms with E-state index >= 15 is 0 Å². The molecule has 0 aliphatic carbocycles. The molecule has 0 unspecified atom stereocenters. The van der Waals surface area contributed by atoms with Crippen LogP contribution in [0.5, 0.6) is 0 Å². The Labute approximate surface area is 76.9 Å². The van der Waals surface area contributed by atoms with Crippen LogP contribution in [0.1, 0.15) is 5.69 Å². The number of imidazole rings is 1. The number of aliphatic hydroxyl groups is 1. The van der Waals surface area contributed by atoms with E-state index in [1.54, 1.807) is 6.92 Å². The van der Waals surface area contributed by atoms with E-state index in [0.29, 0.717) is 10.3 Å². The van der Waals surface area contributed by atoms with Gasteiger partial charge in [0.05, 0.1) is 0 Å². The zero-order valence-corrected chi connectivity index (χ0v) is 8.12. The Kier molecular flexibility index (Phi) is 4.45. The minimum atomic E-state index is -0.572. The van der Waals surface area contributed by atoms with Crippen LogP contribution in [0.2, 0.25) is 0 Å². The van der Waals surface area contributed by atoms with Crippen molar-refractivity contribution in [2.24, 2.45) is 0 Å². The van der Waals surface area contributed by atoms with E-state index in [4.69, 9.17) is 5.11 Å². The molecule has 1 aromatic heterocycles. The van der Waals surface area contributed by atoms with Gasteiger partial charge in [-0.25, -0.2) is 4.98 Å². The van der Waals surface area contributed by atoms with Gasteiger partial charge in [0, 0.05) is 7.11 Å². The van der Waals surface area contributed by atoms with Crippen LogP contribution in [-0.4, -0.2) is 27.1 Å². The zero-order valence-electron chi connectivity index (χ0n) is 6.54. The van der Waals surface area contributed by atoms with Crippen molar-refractivity contribution in [2.75, 3.05) is 7.11 Å². The third-order valence-electron chi connectivity index (χ3n) is 0.986. The van der Waals surface area contributed by atoms with Gasteiger partial charge in [-0.3, -0.25) is 0 Å². The maximum absolute atomic E-state index is 10.1. The predicted octanol–water partition coefficient (Wildman–Crippen LogP) is 0.997. The lowest BCUT2D eigenvalue weighted by Crippen LogP contribution is -1.88. The van der Waals surface area contributed by atoms with E-state index in [2.05, 4.69) is 25.9 Å². The van der Waals surface area contributed by atoms with E-state index < -0.39 is 4.92 Å². The van der Waals surface area contributed by atoms with Crippen molar-refractivity contribution in [1.29, 1.82) is 0 Å². The van der Waals surface area contributed by atoms with Gasteiger partial charge >= 0.3 is 5.95 Å². The fourth-order valence-corrected chi connectivity index (χ4v) is 0.778. The molecule has 0 aliphatic heterocycles. The largest absolute Gasteiger partial charge is 0.433 e. The minimum Gasteiger partial charge on any atom is -0.400 e. The Morgan fingerprint density at radius 2 is 2.17 bits per heavy atom. The molecule has 0 saturated heterocycles. The van der Waals surface area contributed by atoms with E-state index in [0.717, 1.165) is 7.11 Å². The SMILES string of the molecule is CO.Cc1[nH]c([N+](=O)[O-])nc1Br. The van der Waals surface area contributed by atoms with Crippen molar-refractivity contribution in [2.45, 2.75) is 6.92 Å². The number of nitrogens with one attached hydrogen (secondary N) is 1. The first-order valence-corrected chi connectivity index (χ1v) is 3.72. The van der Waals surface area contributed by atoms with Crippen LogP contribution < -0.4 is 0 Å². The Morgan fingerprint density at radius 3 is 2.33 bits per heavy atom. The molecular formula is C5H8BrN3O3. The van der Waals surface area contributed by atoms with E-state index in [1.165, 1.54) is 0 Å². The minimum absolute atomic E-state index is 0.232. The first-order chi connectivity index (χ1) is 5.61. The molecule has 0 bridgehead atoms. The van der Waals surface area contributed by atoms with Crippen LogP contribution >= 0.6 is 15.9 Å². The number of nitro groups is 1. The number of aromatic nitrogens is 2. The lowest BCUT2D eigenvalue weighted by atomic mass is 10.6. The quantitative estimate of drug-likeness (QED) is 0.563. The van der Waals surface area contributed by atoms with Crippen LogP contribution in [0.25, 0.3) is 0 Å². The van der Waals surface area contributed by atoms with Crippen molar-refractivity contribution in [3.63, 3.8) is 0 Å². The predicted molar refractivity (Wildman–Crippen MR) is 45.8 cm³/mol. The van der Waals surface area contributed by atoms with Crippen LogP contribution in [-0.2, 0) is 0 Å². The van der Waals surface area contributed by atoms with Gasteiger partial charge in [-0.05, 0) is 27.8 Å². The average molecular weight is 238 g/mol. The average Bonchev–Trinajstić information content (AvgIpc) is 2.36. The molecule has 1 aromatic rings. The summed E-state index contributed by atoms with van der Waals surface area (Å²) in [7, 11) is 1.00. The summed E-state index contributed by atoms with van der Waals surface area (Å²) in [6.07, 6.45) is 0. The molecule has 68 valence electrons. The molecule has 0 saturated carbocycles. The third-order valence-corrected chi connectivity index (χ3v) is 1.76. The second kappa shape index (κ2) is 4.83. The van der Waals surface area contributed by atoms with Crippen LogP contribution in [0.4, 0.5) is 5.95 Å². The van der Waals surface area contributed by atoms with Crippen LogP contribution in [0.3, 0.4) is 0 Å². The zero-order chi connectivity index (χ0) is 9.72. The summed E-state index contributed by atoms with van der Waals surface area (Å²) in [5.41, 5.74) is 0.659. The number of hydrogen-bond acceptors (Lipinski definition) is 4. The fraction of sp³-hybridized carbons (Fsp3) is 0.400. The van der Waals surface area contributed by atoms with Crippen LogP contribution in [0.15, 0.2) is 4.60 Å². The standard InChI is InChI=1S/C4H4BrN3O2.CH4O/c1-2-3(5)7-4(6-2)8(9)10;1-2/h1H3,(H,6,7);2H,1H3. The molecule has 1 rings (SSSR count). The highest BCUT2D eigenvalue weighted by atomic mass is 79.9. The summed E-state index contributed by atoms with van der Waals surface area (Å²) < 4.78 is 0.485. The van der Waals surface area contributed by atoms with Crippen molar-refractivity contribution in [1.82, 2.24) is 9.97 Å². The number of aliphatic hydroxyl groups excluding tert-OH is 1. The highest BCUT2D eigenvalue weighted by molar-refractivity contribution is 9.10. The van der Waals surface area contributed by atoms with Gasteiger partial charge in [0.15, 0.2) is 0 Å². The van der Waals surface area contributed by atoms with Crippen molar-refractivity contribution in [3.8, 4) is 0 Å². The molecule has 0 spiro atoms. The molecule has 0 radical (unpaired) electrons. The van der Waals surface area contributed by atoms with Gasteiger partial charge in [0.2, 0.25) is 4.60 Å². The van der Waals surface area contributed by atoms with Crippen molar-refractivity contribution < 1.29 is 10.0 Å². The second-order valence-corrected chi connectivity index (χ2v) is 2.48. The summed E-state index contributed by atoms with van der Waals surface area (Å²) in [6.45, 7) is 1.70. The lowest BCUT2D eigenvalue weighted by molar-refractivity contribution is -0.393. The molecule has 6 nitrogen and oxygen atoms in total. The van der Waals surface area contributed by atoms with Gasteiger partial charge in [-0.15, -0.1) is 0 Å². The Hall–Kier alpha value is -0.950. The second-order valence-electron chi connectivity index (χ2n) is 1.73. The maximum Gasteiger partial charge on any atom is 0.433 e. The highest BCUT2D eigenvalue weighted by Gasteiger charge is 2.13. The number of aromatic amines is 1. The highest BCUT2D eigenvalue weighted by Crippen LogP contribution is 2.15. The molecule has 0 fully saturated rings. The molecule has 0 atom stereocenters. The van der Waals surface area contributed by atoms with E-state index in [1.807, 2.05) is 0 Å². The number of rotatable bonds is 1. The lowest BCUT2D eigenvalue weighted by Gasteiger charge is -1.84. The van der Waals surface area contributed by atoms with Gasteiger partial charge in [0.1, 0.15) is 5.69 Å². The fourth-order valence-electron chi connectivity index (χ4n) is 0.511. The van der Waals surface area contributed by atoms with Crippen molar-refractivity contribution >= 4 is 21.9 Å². The van der Waals surface area contributed by atoms with Gasteiger partial charge in [0.25, 0.3) is 0 Å². The molecule has 12 heavy (non-hydrogen) atoms. The Bertz CT molecular complexity index is 253. The van der Waals surface area contributed by atoms with Gasteiger partial charge < -0.3 is 15.2 Å². The van der Waals surface area contributed by atoms with Crippen molar-refractivity contribution in [3.05, 3.63) is 20.4 Å². The summed E-state index contributed by atoms with van der Waals surface area (Å²) >= 11 is 3.04.